The molecule has 0 aliphatic heterocycles. The molecular formula is C13H13N3O3. The van der Waals surface area contributed by atoms with Crippen LogP contribution < -0.4 is 5.32 Å². The largest absolute Gasteiger partial charge is 0.480 e. The number of benzene rings is 1. The first kappa shape index (κ1) is 11.7. The lowest BCUT2D eigenvalue weighted by molar-refractivity contribution is -0.147. The number of carboxylic acids is 1. The molecule has 1 aliphatic rings. The van der Waals surface area contributed by atoms with Crippen LogP contribution in [-0.4, -0.2) is 27.2 Å². The van der Waals surface area contributed by atoms with Gasteiger partial charge in [-0.05, 0) is 31.4 Å². The number of nitrogens with one attached hydrogen (secondary N) is 2. The molecule has 0 unspecified atom stereocenters. The predicted molar refractivity (Wildman–Crippen MR) is 68.8 cm³/mol. The van der Waals surface area contributed by atoms with Crippen molar-refractivity contribution in [2.24, 2.45) is 5.41 Å². The summed E-state index contributed by atoms with van der Waals surface area (Å²) in [6.07, 6.45) is 2.47. The quantitative estimate of drug-likeness (QED) is 0.731. The molecule has 3 N–H and O–H groups in total. The summed E-state index contributed by atoms with van der Waals surface area (Å²) in [6.45, 7) is 1.95. The number of hydrogen-bond donors (Lipinski definition) is 3. The maximum absolute atomic E-state index is 12.1. The summed E-state index contributed by atoms with van der Waals surface area (Å²) in [5, 5.41) is 19.5. The van der Waals surface area contributed by atoms with Gasteiger partial charge in [-0.3, -0.25) is 14.7 Å². The SMILES string of the molecule is Cc1ccc(NC(=O)C2(C(=O)O)CC2)c2[nH]ncc12. The molecule has 1 aliphatic carbocycles. The Morgan fingerprint density at radius 1 is 1.42 bits per heavy atom. The second kappa shape index (κ2) is 3.81. The number of H-pyrrole nitrogens is 1. The minimum absolute atomic E-state index is 0.395. The van der Waals surface area contributed by atoms with Crippen LogP contribution in [0.5, 0.6) is 0 Å². The summed E-state index contributed by atoms with van der Waals surface area (Å²) in [6, 6.07) is 3.62. The third-order valence-corrected chi connectivity index (χ3v) is 3.68. The molecule has 1 saturated carbocycles. The van der Waals surface area contributed by atoms with Crippen LogP contribution in [0.15, 0.2) is 18.3 Å². The number of aryl methyl sites for hydroxylation is 1. The van der Waals surface area contributed by atoms with E-state index in [0.29, 0.717) is 18.5 Å². The highest BCUT2D eigenvalue weighted by molar-refractivity contribution is 6.13. The molecule has 19 heavy (non-hydrogen) atoms. The number of aromatic nitrogens is 2. The smallest absolute Gasteiger partial charge is 0.319 e. The van der Waals surface area contributed by atoms with E-state index in [1.54, 1.807) is 12.3 Å². The van der Waals surface area contributed by atoms with Gasteiger partial charge in [0.05, 0.1) is 17.4 Å². The Morgan fingerprint density at radius 2 is 2.16 bits per heavy atom. The molecule has 0 saturated heterocycles. The number of fused-ring (bicyclic) bond motifs is 1. The zero-order valence-electron chi connectivity index (χ0n) is 10.4. The molecule has 1 heterocycles. The standard InChI is InChI=1S/C13H13N3O3/c1-7-2-3-9(10-8(7)6-14-16-10)15-11(17)13(4-5-13)12(18)19/h2-3,6H,4-5H2,1H3,(H,14,16)(H,15,17)(H,18,19). The van der Waals surface area contributed by atoms with Gasteiger partial charge in [0.15, 0.2) is 0 Å². The number of aliphatic carboxylic acids is 1. The van der Waals surface area contributed by atoms with Crippen molar-refractivity contribution in [3.63, 3.8) is 0 Å². The van der Waals surface area contributed by atoms with Crippen molar-refractivity contribution in [2.75, 3.05) is 5.32 Å². The van der Waals surface area contributed by atoms with E-state index in [0.717, 1.165) is 16.5 Å². The maximum Gasteiger partial charge on any atom is 0.319 e. The summed E-state index contributed by atoms with van der Waals surface area (Å²) in [5.41, 5.74) is 1.09. The molecule has 1 aromatic carbocycles. The van der Waals surface area contributed by atoms with Gasteiger partial charge >= 0.3 is 5.97 Å². The molecule has 0 radical (unpaired) electrons. The van der Waals surface area contributed by atoms with Gasteiger partial charge in [0.2, 0.25) is 5.91 Å². The first-order valence-electron chi connectivity index (χ1n) is 6.02. The van der Waals surface area contributed by atoms with Crippen molar-refractivity contribution >= 4 is 28.5 Å². The number of aromatic amines is 1. The second-order valence-electron chi connectivity index (χ2n) is 4.93. The normalized spacial score (nSPS) is 16.3. The highest BCUT2D eigenvalue weighted by Gasteiger charge is 2.57. The van der Waals surface area contributed by atoms with E-state index in [2.05, 4.69) is 15.5 Å². The third kappa shape index (κ3) is 1.68. The van der Waals surface area contributed by atoms with Crippen LogP contribution in [-0.2, 0) is 9.59 Å². The number of anilines is 1. The highest BCUT2D eigenvalue weighted by Crippen LogP contribution is 2.47. The molecule has 2 aromatic rings. The maximum atomic E-state index is 12.1. The monoisotopic (exact) mass is 259 g/mol. The fourth-order valence-corrected chi connectivity index (χ4v) is 2.18. The Hall–Kier alpha value is -2.37. The van der Waals surface area contributed by atoms with Gasteiger partial charge in [0.25, 0.3) is 0 Å². The van der Waals surface area contributed by atoms with Crippen LogP contribution in [0.2, 0.25) is 0 Å². The van der Waals surface area contributed by atoms with E-state index < -0.39 is 17.3 Å². The number of rotatable bonds is 3. The van der Waals surface area contributed by atoms with Gasteiger partial charge in [0, 0.05) is 5.39 Å². The minimum Gasteiger partial charge on any atom is -0.480 e. The summed E-state index contributed by atoms with van der Waals surface area (Å²) in [7, 11) is 0. The van der Waals surface area contributed by atoms with Crippen molar-refractivity contribution in [2.45, 2.75) is 19.8 Å². The Morgan fingerprint density at radius 3 is 2.79 bits per heavy atom. The zero-order chi connectivity index (χ0) is 13.6. The number of carboxylic acid groups (broad SMARTS) is 1. The van der Waals surface area contributed by atoms with Gasteiger partial charge in [0.1, 0.15) is 5.41 Å². The molecule has 0 bridgehead atoms. The van der Waals surface area contributed by atoms with Crippen molar-refractivity contribution in [1.82, 2.24) is 10.2 Å². The molecular weight excluding hydrogens is 246 g/mol. The van der Waals surface area contributed by atoms with Gasteiger partial charge in [-0.15, -0.1) is 0 Å². The van der Waals surface area contributed by atoms with E-state index in [9.17, 15) is 9.59 Å². The van der Waals surface area contributed by atoms with Crippen LogP contribution in [0.1, 0.15) is 18.4 Å². The fourth-order valence-electron chi connectivity index (χ4n) is 2.18. The topological polar surface area (TPSA) is 95.1 Å². The van der Waals surface area contributed by atoms with Crippen LogP contribution in [0.3, 0.4) is 0 Å². The van der Waals surface area contributed by atoms with Crippen molar-refractivity contribution in [1.29, 1.82) is 0 Å². The van der Waals surface area contributed by atoms with Gasteiger partial charge < -0.3 is 10.4 Å². The lowest BCUT2D eigenvalue weighted by atomic mass is 10.1. The summed E-state index contributed by atoms with van der Waals surface area (Å²) < 4.78 is 0. The van der Waals surface area contributed by atoms with E-state index in [1.807, 2.05) is 13.0 Å². The van der Waals surface area contributed by atoms with Gasteiger partial charge in [-0.25, -0.2) is 0 Å². The molecule has 3 rings (SSSR count). The number of hydrogen-bond acceptors (Lipinski definition) is 3. The number of carbonyl (C=O) groups is 2. The average Bonchev–Trinajstić information content (AvgIpc) is 3.04. The summed E-state index contributed by atoms with van der Waals surface area (Å²) in [4.78, 5) is 23.2. The summed E-state index contributed by atoms with van der Waals surface area (Å²) >= 11 is 0. The molecule has 6 heteroatoms. The van der Waals surface area contributed by atoms with E-state index in [4.69, 9.17) is 5.11 Å². The predicted octanol–water partition coefficient (Wildman–Crippen LogP) is 1.67. The van der Waals surface area contributed by atoms with Crippen molar-refractivity contribution in [3.05, 3.63) is 23.9 Å². The van der Waals surface area contributed by atoms with Gasteiger partial charge in [-0.1, -0.05) is 6.07 Å². The Balaban J connectivity index is 1.94. The van der Waals surface area contributed by atoms with Crippen LogP contribution in [0.4, 0.5) is 5.69 Å². The second-order valence-corrected chi connectivity index (χ2v) is 4.93. The molecule has 0 atom stereocenters. The molecule has 1 aromatic heterocycles. The van der Waals surface area contributed by atoms with E-state index in [-0.39, 0.29) is 0 Å². The molecule has 1 fully saturated rings. The van der Waals surface area contributed by atoms with Crippen LogP contribution >= 0.6 is 0 Å². The fraction of sp³-hybridized carbons (Fsp3) is 0.308. The van der Waals surface area contributed by atoms with Crippen LogP contribution in [0.25, 0.3) is 10.9 Å². The highest BCUT2D eigenvalue weighted by atomic mass is 16.4. The number of carbonyl (C=O) groups excluding carboxylic acids is 1. The Bertz CT molecular complexity index is 685. The van der Waals surface area contributed by atoms with Crippen LogP contribution in [0, 0.1) is 12.3 Å². The molecule has 1 amide bonds. The van der Waals surface area contributed by atoms with E-state index in [1.165, 1.54) is 0 Å². The zero-order valence-corrected chi connectivity index (χ0v) is 10.4. The molecule has 0 spiro atoms. The Labute approximate surface area is 108 Å². The van der Waals surface area contributed by atoms with E-state index >= 15 is 0 Å². The number of nitrogens with zero attached hydrogens (tertiary/aromatic N) is 1. The first-order chi connectivity index (χ1) is 9.04. The Kier molecular flexibility index (Phi) is 2.35. The molecule has 6 nitrogen and oxygen atoms in total. The summed E-state index contributed by atoms with van der Waals surface area (Å²) in [5.74, 6) is -1.52. The number of amides is 1. The van der Waals surface area contributed by atoms with Crippen molar-refractivity contribution in [3.8, 4) is 0 Å². The molecule has 98 valence electrons. The lowest BCUT2D eigenvalue weighted by Gasteiger charge is -2.11. The lowest BCUT2D eigenvalue weighted by Crippen LogP contribution is -2.31. The average molecular weight is 259 g/mol. The third-order valence-electron chi connectivity index (χ3n) is 3.68. The van der Waals surface area contributed by atoms with Gasteiger partial charge in [-0.2, -0.15) is 5.10 Å². The first-order valence-corrected chi connectivity index (χ1v) is 6.02. The van der Waals surface area contributed by atoms with Crippen molar-refractivity contribution < 1.29 is 14.7 Å². The minimum atomic E-state index is -1.24.